The monoisotopic (exact) mass is 303 g/mol. The molecule has 1 rings (SSSR count). The smallest absolute Gasteiger partial charge is 0.143 e. The maximum absolute atomic E-state index is 12.5. The Morgan fingerprint density at radius 1 is 1.67 bits per heavy atom. The molecule has 1 aliphatic rings. The molecule has 0 amide bonds. The molecule has 0 spiro atoms. The van der Waals surface area contributed by atoms with Crippen molar-refractivity contribution in [1.82, 2.24) is 0 Å². The van der Waals surface area contributed by atoms with Crippen LogP contribution in [0.3, 0.4) is 0 Å². The zero-order valence-electron chi connectivity index (χ0n) is 4.37. The van der Waals surface area contributed by atoms with Gasteiger partial charge in [-0.1, -0.05) is 20.7 Å². The van der Waals surface area contributed by atoms with Gasteiger partial charge >= 0.3 is 0 Å². The van der Waals surface area contributed by atoms with Crippen LogP contribution in [0.5, 0.6) is 0 Å². The summed E-state index contributed by atoms with van der Waals surface area (Å²) in [7, 11) is 0. The molecule has 1 heterocycles. The fourth-order valence-electron chi connectivity index (χ4n) is 0.385. The number of hydrogen-bond acceptors (Lipinski definition) is 1. The summed E-state index contributed by atoms with van der Waals surface area (Å²) in [4.78, 5) is 0. The Bertz CT molecular complexity index is 219. The van der Waals surface area contributed by atoms with Crippen molar-refractivity contribution < 1.29 is 4.39 Å². The van der Waals surface area contributed by atoms with Crippen LogP contribution < -0.4 is 5.73 Å². The Morgan fingerprint density at radius 2 is 2.33 bits per heavy atom. The standard InChI is InChI=1S/C5H4BrFIN/c6-3-1-5(9)8-2-4(3)7/h1-2H,9H2. The number of hydrogen-bond donors (Lipinski definition) is 1. The first-order valence-electron chi connectivity index (χ1n) is 2.19. The summed E-state index contributed by atoms with van der Waals surface area (Å²) in [6.45, 7) is 0. The summed E-state index contributed by atoms with van der Waals surface area (Å²) in [6, 6.07) is 0. The predicted molar refractivity (Wildman–Crippen MR) is 49.4 cm³/mol. The van der Waals surface area contributed by atoms with Gasteiger partial charge in [0.05, 0.1) is 4.48 Å². The Labute approximate surface area is 70.7 Å². The molecule has 0 bridgehead atoms. The zero-order chi connectivity index (χ0) is 6.85. The van der Waals surface area contributed by atoms with Crippen LogP contribution in [0.25, 0.3) is 0 Å². The van der Waals surface area contributed by atoms with Gasteiger partial charge in [-0.15, -0.1) is 0 Å². The van der Waals surface area contributed by atoms with Gasteiger partial charge in [-0.2, -0.15) is 0 Å². The lowest BCUT2D eigenvalue weighted by molar-refractivity contribution is 0.668. The van der Waals surface area contributed by atoms with E-state index < -0.39 is 0 Å². The highest BCUT2D eigenvalue weighted by Gasteiger charge is 2.03. The summed E-state index contributed by atoms with van der Waals surface area (Å²) in [5.74, 6) is -0.183. The lowest BCUT2D eigenvalue weighted by atomic mass is 10.5. The van der Waals surface area contributed by atoms with Crippen LogP contribution in [0, 0.1) is 0 Å². The predicted octanol–water partition coefficient (Wildman–Crippen LogP) is 2.15. The van der Waals surface area contributed by atoms with Crippen LogP contribution in [0.4, 0.5) is 4.39 Å². The highest BCUT2D eigenvalue weighted by molar-refractivity contribution is 14.2. The molecule has 0 aromatic carbocycles. The van der Waals surface area contributed by atoms with Gasteiger partial charge in [-0.05, 0) is 22.0 Å². The molecule has 0 aromatic heterocycles. The van der Waals surface area contributed by atoms with Crippen LogP contribution in [0.1, 0.15) is 0 Å². The highest BCUT2D eigenvalue weighted by Crippen LogP contribution is 2.25. The second-order valence-electron chi connectivity index (χ2n) is 1.44. The molecule has 0 aromatic rings. The summed E-state index contributed by atoms with van der Waals surface area (Å²) in [6.07, 6.45) is 1.63. The van der Waals surface area contributed by atoms with Gasteiger partial charge in [0, 0.05) is 7.72 Å². The molecule has 0 atom stereocenters. The minimum atomic E-state index is -0.364. The average molecular weight is 304 g/mol. The molecular formula is C5H4BrFIN. The molecule has 2 N–H and O–H groups in total. The van der Waals surface area contributed by atoms with E-state index in [1.54, 1.807) is 10.2 Å². The number of rotatable bonds is 0. The maximum atomic E-state index is 12.5. The Morgan fingerprint density at radius 3 is 2.78 bits per heavy atom. The summed E-state index contributed by atoms with van der Waals surface area (Å²) < 4.78 is 15.3. The van der Waals surface area contributed by atoms with E-state index in [1.807, 2.05) is 0 Å². The molecule has 0 aliphatic carbocycles. The van der Waals surface area contributed by atoms with Crippen LogP contribution >= 0.6 is 36.7 Å². The van der Waals surface area contributed by atoms with Crippen LogP contribution in [0.15, 0.2) is 20.5 Å². The van der Waals surface area contributed by atoms with Gasteiger partial charge in [0.2, 0.25) is 0 Å². The van der Waals surface area contributed by atoms with E-state index in [0.717, 1.165) is 3.63 Å². The lowest BCUT2D eigenvalue weighted by Crippen LogP contribution is -2.05. The third-order valence-corrected chi connectivity index (χ3v) is 3.27. The molecule has 0 saturated carbocycles. The third kappa shape index (κ3) is 1.94. The topological polar surface area (TPSA) is 26.0 Å². The van der Waals surface area contributed by atoms with Crippen molar-refractivity contribution in [2.45, 2.75) is 0 Å². The van der Waals surface area contributed by atoms with E-state index in [2.05, 4.69) is 15.9 Å². The first-order chi connectivity index (χ1) is 4.20. The molecule has 0 fully saturated rings. The SMILES string of the molecule is NC1=IC=C(F)C(Br)=C1. The van der Waals surface area contributed by atoms with Crippen molar-refractivity contribution in [2.24, 2.45) is 5.73 Å². The van der Waals surface area contributed by atoms with E-state index in [0.29, 0.717) is 4.48 Å². The molecule has 50 valence electrons. The largest absolute Gasteiger partial charge is 0.298 e. The number of nitrogens with two attached hydrogens (primary N) is 1. The van der Waals surface area contributed by atoms with Crippen molar-refractivity contribution in [3.63, 3.8) is 0 Å². The van der Waals surface area contributed by atoms with Gasteiger partial charge in [-0.25, -0.2) is 4.39 Å². The van der Waals surface area contributed by atoms with E-state index in [9.17, 15) is 4.39 Å². The van der Waals surface area contributed by atoms with Crippen molar-refractivity contribution in [1.29, 1.82) is 0 Å². The minimum absolute atomic E-state index is 0.183. The van der Waals surface area contributed by atoms with Gasteiger partial charge in [0.1, 0.15) is 5.83 Å². The van der Waals surface area contributed by atoms with Crippen LogP contribution in [-0.2, 0) is 0 Å². The third-order valence-electron chi connectivity index (χ3n) is 0.769. The first-order valence-corrected chi connectivity index (χ1v) is 5.31. The molecule has 1 nitrogen and oxygen atoms in total. The fourth-order valence-corrected chi connectivity index (χ4v) is 3.06. The van der Waals surface area contributed by atoms with E-state index in [-0.39, 0.29) is 26.6 Å². The second-order valence-corrected chi connectivity index (χ2v) is 4.79. The quantitative estimate of drug-likeness (QED) is 0.682. The first kappa shape index (κ1) is 7.56. The summed E-state index contributed by atoms with van der Waals surface area (Å²) in [5.41, 5.74) is 5.44. The maximum Gasteiger partial charge on any atom is 0.143 e. The van der Waals surface area contributed by atoms with E-state index >= 15 is 0 Å². The van der Waals surface area contributed by atoms with E-state index in [1.165, 1.54) is 0 Å². The average Bonchev–Trinajstić information content (AvgIpc) is 1.80. The summed E-state index contributed by atoms with van der Waals surface area (Å²) in [5, 5.41) is 0. The van der Waals surface area contributed by atoms with Crippen molar-refractivity contribution in [3.8, 4) is 0 Å². The van der Waals surface area contributed by atoms with Gasteiger partial charge < -0.3 is 0 Å². The molecule has 1 aliphatic heterocycles. The molecule has 4 heteroatoms. The summed E-state index contributed by atoms with van der Waals surface area (Å²) >= 11 is 2.66. The molecule has 0 radical (unpaired) electrons. The highest BCUT2D eigenvalue weighted by atomic mass is 127. The Hall–Kier alpha value is 0.450. The molecule has 0 unspecified atom stereocenters. The number of halogens is 3. The van der Waals surface area contributed by atoms with Gasteiger partial charge in [0.15, 0.2) is 0 Å². The molecule has 9 heavy (non-hydrogen) atoms. The van der Waals surface area contributed by atoms with Crippen molar-refractivity contribution >= 4 is 40.3 Å². The minimum Gasteiger partial charge on any atom is -0.298 e. The fraction of sp³-hybridized carbons (Fsp3) is 0. The Kier molecular flexibility index (Phi) is 2.54. The lowest BCUT2D eigenvalue weighted by Gasteiger charge is -1.99. The molecular weight excluding hydrogens is 300 g/mol. The molecule has 0 saturated heterocycles. The number of allylic oxidation sites excluding steroid dienone is 2. The normalized spacial score (nSPS) is 19.2. The Balaban J connectivity index is 2.99. The van der Waals surface area contributed by atoms with Gasteiger partial charge in [0.25, 0.3) is 0 Å². The second kappa shape index (κ2) is 3.03. The van der Waals surface area contributed by atoms with Crippen LogP contribution in [-0.4, -0.2) is 3.63 Å². The zero-order valence-corrected chi connectivity index (χ0v) is 8.11. The van der Waals surface area contributed by atoms with Crippen molar-refractivity contribution in [3.05, 3.63) is 20.5 Å². The van der Waals surface area contributed by atoms with Crippen molar-refractivity contribution in [2.75, 3.05) is 0 Å². The van der Waals surface area contributed by atoms with Crippen LogP contribution in [0.2, 0.25) is 0 Å². The van der Waals surface area contributed by atoms with Gasteiger partial charge in [-0.3, -0.25) is 5.73 Å². The van der Waals surface area contributed by atoms with E-state index in [4.69, 9.17) is 5.73 Å².